The number of halogens is 2. The lowest BCUT2D eigenvalue weighted by molar-refractivity contribution is 0.103. The standard InChI is InChI=1S/C12H7ClINO/c13-8-4-3-5-9(14)11(8)12(16)10-6-1-2-7-15-10/h1-7H. The Labute approximate surface area is 112 Å². The average Bonchev–Trinajstić information content (AvgIpc) is 2.30. The highest BCUT2D eigenvalue weighted by atomic mass is 127. The van der Waals surface area contributed by atoms with E-state index in [0.717, 1.165) is 3.57 Å². The van der Waals surface area contributed by atoms with Gasteiger partial charge in [0.2, 0.25) is 5.78 Å². The van der Waals surface area contributed by atoms with E-state index in [9.17, 15) is 4.79 Å². The highest BCUT2D eigenvalue weighted by Crippen LogP contribution is 2.23. The number of carbonyl (C=O) groups is 1. The molecule has 0 aliphatic rings. The number of benzene rings is 1. The van der Waals surface area contributed by atoms with E-state index >= 15 is 0 Å². The van der Waals surface area contributed by atoms with Crippen molar-refractivity contribution < 1.29 is 4.79 Å². The molecule has 0 aliphatic carbocycles. The summed E-state index contributed by atoms with van der Waals surface area (Å²) < 4.78 is 0.834. The minimum Gasteiger partial charge on any atom is -0.287 e. The number of aromatic nitrogens is 1. The summed E-state index contributed by atoms with van der Waals surface area (Å²) in [4.78, 5) is 16.2. The lowest BCUT2D eigenvalue weighted by Crippen LogP contribution is -2.06. The Kier molecular flexibility index (Phi) is 3.56. The molecule has 80 valence electrons. The molecular formula is C12H7ClINO. The highest BCUT2D eigenvalue weighted by Gasteiger charge is 2.16. The van der Waals surface area contributed by atoms with Crippen LogP contribution < -0.4 is 0 Å². The van der Waals surface area contributed by atoms with E-state index in [2.05, 4.69) is 27.6 Å². The van der Waals surface area contributed by atoms with Gasteiger partial charge in [0.1, 0.15) is 5.69 Å². The number of carbonyl (C=O) groups excluding carboxylic acids is 1. The molecule has 1 aromatic heterocycles. The van der Waals surface area contributed by atoms with Crippen LogP contribution in [0.3, 0.4) is 0 Å². The molecule has 0 bridgehead atoms. The van der Waals surface area contributed by atoms with Gasteiger partial charge in [0.25, 0.3) is 0 Å². The van der Waals surface area contributed by atoms with Crippen molar-refractivity contribution >= 4 is 40.0 Å². The first-order chi connectivity index (χ1) is 7.70. The number of hydrogen-bond donors (Lipinski definition) is 0. The van der Waals surface area contributed by atoms with Gasteiger partial charge in [-0.05, 0) is 46.9 Å². The van der Waals surface area contributed by atoms with Crippen molar-refractivity contribution in [3.8, 4) is 0 Å². The Bertz CT molecular complexity index is 508. The van der Waals surface area contributed by atoms with Crippen LogP contribution in [0.1, 0.15) is 16.1 Å². The Morgan fingerprint density at radius 2 is 2.00 bits per heavy atom. The number of rotatable bonds is 2. The van der Waals surface area contributed by atoms with E-state index < -0.39 is 0 Å². The second-order valence-electron chi connectivity index (χ2n) is 3.14. The molecule has 2 aromatic rings. The second kappa shape index (κ2) is 4.93. The number of ketones is 1. The van der Waals surface area contributed by atoms with Crippen molar-refractivity contribution in [3.05, 3.63) is 62.4 Å². The van der Waals surface area contributed by atoms with Gasteiger partial charge in [0.05, 0.1) is 10.6 Å². The Morgan fingerprint density at radius 1 is 1.19 bits per heavy atom. The molecule has 0 radical (unpaired) electrons. The molecule has 0 unspecified atom stereocenters. The molecular weight excluding hydrogens is 336 g/mol. The van der Waals surface area contributed by atoms with Crippen LogP contribution in [0.5, 0.6) is 0 Å². The topological polar surface area (TPSA) is 30.0 Å². The number of pyridine rings is 1. The van der Waals surface area contributed by atoms with Crippen LogP contribution in [0.4, 0.5) is 0 Å². The van der Waals surface area contributed by atoms with Gasteiger partial charge < -0.3 is 0 Å². The Balaban J connectivity index is 2.50. The fourth-order valence-corrected chi connectivity index (χ4v) is 2.50. The third-order valence-corrected chi connectivity index (χ3v) is 3.30. The lowest BCUT2D eigenvalue weighted by atomic mass is 10.1. The van der Waals surface area contributed by atoms with Crippen molar-refractivity contribution in [2.24, 2.45) is 0 Å². The molecule has 0 aliphatic heterocycles. The van der Waals surface area contributed by atoms with Crippen LogP contribution in [0, 0.1) is 3.57 Å². The molecule has 1 aromatic carbocycles. The van der Waals surface area contributed by atoms with E-state index in [-0.39, 0.29) is 5.78 Å². The summed E-state index contributed by atoms with van der Waals surface area (Å²) in [6.07, 6.45) is 1.59. The van der Waals surface area contributed by atoms with Gasteiger partial charge in [0, 0.05) is 9.77 Å². The van der Waals surface area contributed by atoms with Gasteiger partial charge in [-0.3, -0.25) is 9.78 Å². The predicted molar refractivity (Wildman–Crippen MR) is 71.8 cm³/mol. The zero-order valence-electron chi connectivity index (χ0n) is 8.15. The minimum absolute atomic E-state index is 0.143. The second-order valence-corrected chi connectivity index (χ2v) is 4.71. The smallest absolute Gasteiger partial charge is 0.213 e. The summed E-state index contributed by atoms with van der Waals surface area (Å²) in [5.74, 6) is -0.143. The van der Waals surface area contributed by atoms with Gasteiger partial charge in [-0.15, -0.1) is 0 Å². The van der Waals surface area contributed by atoms with Crippen LogP contribution in [0.15, 0.2) is 42.6 Å². The third-order valence-electron chi connectivity index (χ3n) is 2.09. The summed E-state index contributed by atoms with van der Waals surface area (Å²) in [5, 5.41) is 0.461. The first-order valence-electron chi connectivity index (χ1n) is 4.60. The van der Waals surface area contributed by atoms with Gasteiger partial charge in [-0.1, -0.05) is 23.7 Å². The Hall–Kier alpha value is -0.940. The molecule has 0 fully saturated rings. The van der Waals surface area contributed by atoms with Gasteiger partial charge in [-0.25, -0.2) is 0 Å². The van der Waals surface area contributed by atoms with Crippen molar-refractivity contribution in [1.82, 2.24) is 4.98 Å². The maximum Gasteiger partial charge on any atom is 0.213 e. The molecule has 2 rings (SSSR count). The third kappa shape index (κ3) is 2.25. The maximum atomic E-state index is 12.1. The summed E-state index contributed by atoms with van der Waals surface area (Å²) in [7, 11) is 0. The van der Waals surface area contributed by atoms with Crippen molar-refractivity contribution in [3.63, 3.8) is 0 Å². The quantitative estimate of drug-likeness (QED) is 0.616. The number of hydrogen-bond acceptors (Lipinski definition) is 2. The average molecular weight is 344 g/mol. The SMILES string of the molecule is O=C(c1ccccn1)c1c(Cl)cccc1I. The summed E-state index contributed by atoms with van der Waals surface area (Å²) in [6, 6.07) is 10.6. The van der Waals surface area contributed by atoms with E-state index in [4.69, 9.17) is 11.6 Å². The van der Waals surface area contributed by atoms with Crippen LogP contribution in [0.2, 0.25) is 5.02 Å². The molecule has 16 heavy (non-hydrogen) atoms. The van der Waals surface area contributed by atoms with Crippen LogP contribution in [0.25, 0.3) is 0 Å². The van der Waals surface area contributed by atoms with Crippen molar-refractivity contribution in [1.29, 1.82) is 0 Å². The van der Waals surface area contributed by atoms with Crippen LogP contribution >= 0.6 is 34.2 Å². The van der Waals surface area contributed by atoms with Crippen molar-refractivity contribution in [2.45, 2.75) is 0 Å². The predicted octanol–water partition coefficient (Wildman–Crippen LogP) is 3.57. The lowest BCUT2D eigenvalue weighted by Gasteiger charge is -2.05. The molecule has 0 spiro atoms. The fourth-order valence-electron chi connectivity index (χ4n) is 1.34. The molecule has 0 atom stereocenters. The zero-order chi connectivity index (χ0) is 11.5. The van der Waals surface area contributed by atoms with Crippen LogP contribution in [-0.4, -0.2) is 10.8 Å². The van der Waals surface area contributed by atoms with Gasteiger partial charge in [-0.2, -0.15) is 0 Å². The molecule has 0 amide bonds. The first-order valence-corrected chi connectivity index (χ1v) is 6.05. The maximum absolute atomic E-state index is 12.1. The molecule has 0 saturated carbocycles. The summed E-state index contributed by atoms with van der Waals surface area (Å²) in [6.45, 7) is 0. The number of nitrogens with zero attached hydrogens (tertiary/aromatic N) is 1. The van der Waals surface area contributed by atoms with E-state index in [1.807, 2.05) is 12.1 Å². The Morgan fingerprint density at radius 3 is 2.62 bits per heavy atom. The monoisotopic (exact) mass is 343 g/mol. The minimum atomic E-state index is -0.143. The molecule has 1 heterocycles. The molecule has 0 N–H and O–H groups in total. The largest absolute Gasteiger partial charge is 0.287 e. The van der Waals surface area contributed by atoms with Crippen LogP contribution in [-0.2, 0) is 0 Å². The van der Waals surface area contributed by atoms with Crippen molar-refractivity contribution in [2.75, 3.05) is 0 Å². The van der Waals surface area contributed by atoms with E-state index in [0.29, 0.717) is 16.3 Å². The molecule has 4 heteroatoms. The first kappa shape index (κ1) is 11.5. The normalized spacial score (nSPS) is 10.1. The van der Waals surface area contributed by atoms with E-state index in [1.165, 1.54) is 0 Å². The zero-order valence-corrected chi connectivity index (χ0v) is 11.1. The van der Waals surface area contributed by atoms with Gasteiger partial charge >= 0.3 is 0 Å². The van der Waals surface area contributed by atoms with Gasteiger partial charge in [0.15, 0.2) is 0 Å². The molecule has 2 nitrogen and oxygen atoms in total. The highest BCUT2D eigenvalue weighted by molar-refractivity contribution is 14.1. The van der Waals surface area contributed by atoms with E-state index in [1.54, 1.807) is 30.5 Å². The molecule has 0 saturated heterocycles. The fraction of sp³-hybridized carbons (Fsp3) is 0. The summed E-state index contributed by atoms with van der Waals surface area (Å²) >= 11 is 8.12. The summed E-state index contributed by atoms with van der Waals surface area (Å²) in [5.41, 5.74) is 0.928.